The summed E-state index contributed by atoms with van der Waals surface area (Å²) in [5.74, 6) is 0.720. The van der Waals surface area contributed by atoms with Gasteiger partial charge in [0, 0.05) is 5.54 Å². The quantitative estimate of drug-likeness (QED) is 0.843. The highest BCUT2D eigenvalue weighted by Crippen LogP contribution is 2.31. The van der Waals surface area contributed by atoms with Gasteiger partial charge in [-0.05, 0) is 37.3 Å². The van der Waals surface area contributed by atoms with Crippen LogP contribution in [0.15, 0.2) is 6.20 Å². The largest absolute Gasteiger partial charge is 0.364 e. The molecule has 0 radical (unpaired) electrons. The number of aromatic nitrogens is 4. The van der Waals surface area contributed by atoms with Crippen LogP contribution in [0.5, 0.6) is 0 Å². The maximum Gasteiger partial charge on any atom is 0.226 e. The first-order valence-corrected chi connectivity index (χ1v) is 6.69. The van der Waals surface area contributed by atoms with Crippen LogP contribution < -0.4 is 5.32 Å². The van der Waals surface area contributed by atoms with Crippen LogP contribution in [0.3, 0.4) is 0 Å². The van der Waals surface area contributed by atoms with Crippen molar-refractivity contribution in [2.45, 2.75) is 46.6 Å². The van der Waals surface area contributed by atoms with Crippen LogP contribution in [-0.2, 0) is 0 Å². The summed E-state index contributed by atoms with van der Waals surface area (Å²) < 4.78 is 0. The van der Waals surface area contributed by atoms with Crippen molar-refractivity contribution in [1.29, 1.82) is 0 Å². The van der Waals surface area contributed by atoms with Crippen molar-refractivity contribution in [2.75, 3.05) is 5.32 Å². The summed E-state index contributed by atoms with van der Waals surface area (Å²) in [6.45, 7) is 11.0. The fraction of sp³-hybridized carbons (Fsp3) is 0.615. The van der Waals surface area contributed by atoms with E-state index in [0.29, 0.717) is 5.65 Å². The van der Waals surface area contributed by atoms with Gasteiger partial charge >= 0.3 is 0 Å². The SMILES string of the molecule is CC(C)(C)CC(C)(C)Nc1nc(Cl)nc2[nH]ncc12. The molecule has 0 amide bonds. The van der Waals surface area contributed by atoms with Crippen molar-refractivity contribution in [1.82, 2.24) is 20.2 Å². The molecule has 0 aliphatic rings. The van der Waals surface area contributed by atoms with E-state index in [2.05, 4.69) is 60.1 Å². The molecule has 0 aliphatic carbocycles. The molecule has 2 N–H and O–H groups in total. The Labute approximate surface area is 118 Å². The molecule has 0 atom stereocenters. The molecular formula is C13H20ClN5. The van der Waals surface area contributed by atoms with Crippen LogP contribution >= 0.6 is 11.6 Å². The van der Waals surface area contributed by atoms with E-state index in [-0.39, 0.29) is 16.2 Å². The van der Waals surface area contributed by atoms with Crippen LogP contribution in [0, 0.1) is 5.41 Å². The van der Waals surface area contributed by atoms with Gasteiger partial charge in [0.1, 0.15) is 5.82 Å². The zero-order valence-corrected chi connectivity index (χ0v) is 12.8. The van der Waals surface area contributed by atoms with Gasteiger partial charge in [0.2, 0.25) is 5.28 Å². The molecule has 2 rings (SSSR count). The third kappa shape index (κ3) is 3.56. The number of anilines is 1. The molecule has 0 saturated heterocycles. The van der Waals surface area contributed by atoms with Crippen molar-refractivity contribution in [3.8, 4) is 0 Å². The predicted octanol–water partition coefficient (Wildman–Crippen LogP) is 3.63. The number of nitrogens with zero attached hydrogens (tertiary/aromatic N) is 3. The highest BCUT2D eigenvalue weighted by molar-refractivity contribution is 6.28. The first-order chi connectivity index (χ1) is 8.66. The van der Waals surface area contributed by atoms with Gasteiger partial charge in [-0.3, -0.25) is 5.10 Å². The van der Waals surface area contributed by atoms with E-state index in [0.717, 1.165) is 17.6 Å². The molecule has 0 fully saturated rings. The molecule has 0 bridgehead atoms. The molecule has 6 heteroatoms. The van der Waals surface area contributed by atoms with E-state index < -0.39 is 0 Å². The first kappa shape index (κ1) is 14.1. The number of hydrogen-bond acceptors (Lipinski definition) is 4. The van der Waals surface area contributed by atoms with Gasteiger partial charge in [-0.15, -0.1) is 0 Å². The summed E-state index contributed by atoms with van der Waals surface area (Å²) in [4.78, 5) is 8.37. The Bertz CT molecular complexity index is 582. The molecule has 104 valence electrons. The van der Waals surface area contributed by atoms with Crippen LogP contribution in [0.4, 0.5) is 5.82 Å². The molecule has 0 unspecified atom stereocenters. The lowest BCUT2D eigenvalue weighted by molar-refractivity contribution is 0.302. The summed E-state index contributed by atoms with van der Waals surface area (Å²) in [6, 6.07) is 0. The number of halogens is 1. The molecule has 0 saturated carbocycles. The number of rotatable bonds is 3. The average Bonchev–Trinajstić information content (AvgIpc) is 2.59. The smallest absolute Gasteiger partial charge is 0.226 e. The fourth-order valence-electron chi connectivity index (χ4n) is 2.59. The third-order valence-corrected chi connectivity index (χ3v) is 2.88. The molecule has 0 aliphatic heterocycles. The lowest BCUT2D eigenvalue weighted by atomic mass is 9.82. The Hall–Kier alpha value is -1.36. The van der Waals surface area contributed by atoms with E-state index in [4.69, 9.17) is 11.6 Å². The second kappa shape index (κ2) is 4.63. The second-order valence-corrected chi connectivity index (χ2v) is 7.06. The maximum atomic E-state index is 5.93. The molecule has 0 spiro atoms. The van der Waals surface area contributed by atoms with Crippen molar-refractivity contribution in [3.05, 3.63) is 11.5 Å². The van der Waals surface area contributed by atoms with E-state index in [9.17, 15) is 0 Å². The molecule has 5 nitrogen and oxygen atoms in total. The van der Waals surface area contributed by atoms with Crippen molar-refractivity contribution < 1.29 is 0 Å². The lowest BCUT2D eigenvalue weighted by Gasteiger charge is -2.33. The Morgan fingerprint density at radius 3 is 2.53 bits per heavy atom. The van der Waals surface area contributed by atoms with Gasteiger partial charge in [0.25, 0.3) is 0 Å². The normalized spacial score (nSPS) is 12.9. The Morgan fingerprint density at radius 1 is 1.21 bits per heavy atom. The van der Waals surface area contributed by atoms with Gasteiger partial charge in [0.05, 0.1) is 11.6 Å². The topological polar surface area (TPSA) is 66.5 Å². The zero-order chi connectivity index (χ0) is 14.3. The average molecular weight is 282 g/mol. The van der Waals surface area contributed by atoms with Gasteiger partial charge in [0.15, 0.2) is 5.65 Å². The van der Waals surface area contributed by atoms with E-state index in [1.54, 1.807) is 6.20 Å². The molecule has 2 aromatic heterocycles. The molecular weight excluding hydrogens is 262 g/mol. The Morgan fingerprint density at radius 2 is 1.89 bits per heavy atom. The summed E-state index contributed by atoms with van der Waals surface area (Å²) in [5, 5.41) is 11.3. The highest BCUT2D eigenvalue weighted by atomic mass is 35.5. The van der Waals surface area contributed by atoms with Crippen LogP contribution in [0.25, 0.3) is 11.0 Å². The predicted molar refractivity (Wildman–Crippen MR) is 78.5 cm³/mol. The lowest BCUT2D eigenvalue weighted by Crippen LogP contribution is -2.35. The molecule has 2 heterocycles. The van der Waals surface area contributed by atoms with E-state index in [1.807, 2.05) is 0 Å². The van der Waals surface area contributed by atoms with E-state index in [1.165, 1.54) is 0 Å². The Kier molecular flexibility index (Phi) is 3.43. The van der Waals surface area contributed by atoms with Gasteiger partial charge in [-0.1, -0.05) is 20.8 Å². The third-order valence-electron chi connectivity index (χ3n) is 2.71. The highest BCUT2D eigenvalue weighted by Gasteiger charge is 2.26. The van der Waals surface area contributed by atoms with Gasteiger partial charge in [-0.2, -0.15) is 15.1 Å². The standard InChI is InChI=1S/C13H20ClN5/c1-12(2,3)7-13(4,5)18-9-8-6-15-19-10(8)17-11(14)16-9/h6H,7H2,1-5H3,(H2,15,16,17,18,19). The van der Waals surface area contributed by atoms with Crippen molar-refractivity contribution >= 4 is 28.5 Å². The van der Waals surface area contributed by atoms with E-state index >= 15 is 0 Å². The summed E-state index contributed by atoms with van der Waals surface area (Å²) in [6.07, 6.45) is 2.71. The maximum absolute atomic E-state index is 5.93. The van der Waals surface area contributed by atoms with Gasteiger partial charge in [-0.25, -0.2) is 0 Å². The molecule has 19 heavy (non-hydrogen) atoms. The van der Waals surface area contributed by atoms with Crippen molar-refractivity contribution in [3.63, 3.8) is 0 Å². The first-order valence-electron chi connectivity index (χ1n) is 6.31. The fourth-order valence-corrected chi connectivity index (χ4v) is 2.76. The van der Waals surface area contributed by atoms with Crippen LogP contribution in [-0.4, -0.2) is 25.7 Å². The number of aromatic amines is 1. The molecule has 2 aromatic rings. The minimum Gasteiger partial charge on any atom is -0.364 e. The zero-order valence-electron chi connectivity index (χ0n) is 12.0. The minimum atomic E-state index is -0.0971. The minimum absolute atomic E-state index is 0.0971. The summed E-state index contributed by atoms with van der Waals surface area (Å²) in [7, 11) is 0. The number of fused-ring (bicyclic) bond motifs is 1. The summed E-state index contributed by atoms with van der Waals surface area (Å²) in [5.41, 5.74) is 0.775. The molecule has 0 aromatic carbocycles. The Balaban J connectivity index is 2.32. The number of H-pyrrole nitrogens is 1. The van der Waals surface area contributed by atoms with Crippen LogP contribution in [0.1, 0.15) is 41.0 Å². The number of hydrogen-bond donors (Lipinski definition) is 2. The van der Waals surface area contributed by atoms with Crippen molar-refractivity contribution in [2.24, 2.45) is 5.41 Å². The van der Waals surface area contributed by atoms with Crippen LogP contribution in [0.2, 0.25) is 5.28 Å². The monoisotopic (exact) mass is 281 g/mol. The summed E-state index contributed by atoms with van der Waals surface area (Å²) >= 11 is 5.93. The second-order valence-electron chi connectivity index (χ2n) is 6.72. The number of nitrogens with one attached hydrogen (secondary N) is 2. The van der Waals surface area contributed by atoms with Gasteiger partial charge < -0.3 is 5.32 Å².